The van der Waals surface area contributed by atoms with E-state index >= 15 is 0 Å². The molecule has 0 unspecified atom stereocenters. The van der Waals surface area contributed by atoms with E-state index in [1.165, 1.54) is 17.4 Å². The highest BCUT2D eigenvalue weighted by Crippen LogP contribution is 2.18. The molecule has 2 heterocycles. The van der Waals surface area contributed by atoms with Crippen molar-refractivity contribution >= 4 is 22.5 Å². The maximum absolute atomic E-state index is 12.7. The Morgan fingerprint density at radius 1 is 1.04 bits per heavy atom. The molecule has 1 fully saturated rings. The zero-order valence-corrected chi connectivity index (χ0v) is 16.0. The Morgan fingerprint density at radius 3 is 2.61 bits per heavy atom. The van der Waals surface area contributed by atoms with E-state index in [4.69, 9.17) is 0 Å². The minimum Gasteiger partial charge on any atom is -0.368 e. The van der Waals surface area contributed by atoms with Crippen LogP contribution in [0.1, 0.15) is 12.0 Å². The van der Waals surface area contributed by atoms with Crippen LogP contribution >= 0.6 is 0 Å². The van der Waals surface area contributed by atoms with E-state index in [0.29, 0.717) is 18.4 Å². The van der Waals surface area contributed by atoms with Crippen LogP contribution in [0.5, 0.6) is 0 Å². The molecule has 28 heavy (non-hydrogen) atoms. The fraction of sp³-hybridized carbons (Fsp3) is 0.318. The number of carbonyl (C=O) groups is 1. The molecule has 0 aliphatic carbocycles. The molecule has 0 radical (unpaired) electrons. The number of anilines is 1. The highest BCUT2D eigenvalue weighted by molar-refractivity contribution is 5.79. The fourth-order valence-electron chi connectivity index (χ4n) is 3.74. The average molecular weight is 376 g/mol. The summed E-state index contributed by atoms with van der Waals surface area (Å²) in [6, 6.07) is 15.9. The van der Waals surface area contributed by atoms with Crippen LogP contribution in [-0.2, 0) is 11.3 Å². The van der Waals surface area contributed by atoms with Crippen molar-refractivity contribution in [2.75, 3.05) is 31.1 Å². The normalized spacial score (nSPS) is 14.5. The minimum atomic E-state index is -0.0922. The minimum absolute atomic E-state index is 0.0922. The van der Waals surface area contributed by atoms with Gasteiger partial charge in [-0.1, -0.05) is 24.3 Å². The van der Waals surface area contributed by atoms with Gasteiger partial charge in [0, 0.05) is 43.7 Å². The van der Waals surface area contributed by atoms with Gasteiger partial charge in [0.25, 0.3) is 0 Å². The lowest BCUT2D eigenvalue weighted by atomic mass is 10.2. The zero-order valence-electron chi connectivity index (χ0n) is 16.0. The maximum atomic E-state index is 12.7. The third-order valence-electron chi connectivity index (χ3n) is 5.30. The summed E-state index contributed by atoms with van der Waals surface area (Å²) in [4.78, 5) is 28.9. The molecule has 144 valence electrons. The quantitative estimate of drug-likeness (QED) is 0.702. The molecule has 1 aliphatic rings. The van der Waals surface area contributed by atoms with Gasteiger partial charge in [0.2, 0.25) is 11.3 Å². The van der Waals surface area contributed by atoms with Crippen LogP contribution in [0.2, 0.25) is 0 Å². The molecule has 0 spiro atoms. The lowest BCUT2D eigenvalue weighted by molar-refractivity contribution is -0.131. The van der Waals surface area contributed by atoms with Gasteiger partial charge in [0.05, 0.1) is 18.3 Å². The van der Waals surface area contributed by atoms with E-state index in [2.05, 4.69) is 41.2 Å². The van der Waals surface area contributed by atoms with Gasteiger partial charge in [-0.05, 0) is 36.8 Å². The number of hydrogen-bond donors (Lipinski definition) is 0. The van der Waals surface area contributed by atoms with Crippen LogP contribution in [0.3, 0.4) is 0 Å². The summed E-state index contributed by atoms with van der Waals surface area (Å²) in [6.45, 7) is 5.70. The smallest absolute Gasteiger partial charge is 0.224 e. The van der Waals surface area contributed by atoms with Crippen molar-refractivity contribution in [1.29, 1.82) is 0 Å². The standard InChI is InChI=1S/C22H24N4O2/c1-17-5-4-6-18(15-17)24-11-13-25(14-12-24)22(28)9-10-26-20-8-3-2-7-19(20)21(27)16-23-26/h2-8,15-16H,9-14H2,1H3. The van der Waals surface area contributed by atoms with Gasteiger partial charge in [0.1, 0.15) is 0 Å². The summed E-state index contributed by atoms with van der Waals surface area (Å²) < 4.78 is 1.75. The molecular formula is C22H24N4O2. The number of fused-ring (bicyclic) bond motifs is 1. The number of benzene rings is 2. The Bertz CT molecular complexity index is 1050. The van der Waals surface area contributed by atoms with E-state index in [-0.39, 0.29) is 11.3 Å². The molecule has 3 aromatic rings. The van der Waals surface area contributed by atoms with Gasteiger partial charge in [-0.25, -0.2) is 0 Å². The monoisotopic (exact) mass is 376 g/mol. The Kier molecular flexibility index (Phi) is 5.10. The molecule has 6 nitrogen and oxygen atoms in total. The van der Waals surface area contributed by atoms with Gasteiger partial charge in [0.15, 0.2) is 0 Å². The Balaban J connectivity index is 1.37. The van der Waals surface area contributed by atoms with Crippen molar-refractivity contribution in [2.24, 2.45) is 0 Å². The number of carbonyl (C=O) groups excluding carboxylic acids is 1. The van der Waals surface area contributed by atoms with E-state index in [1.54, 1.807) is 10.7 Å². The van der Waals surface area contributed by atoms with E-state index < -0.39 is 0 Å². The second-order valence-electron chi connectivity index (χ2n) is 7.21. The number of para-hydroxylation sites is 1. The molecule has 0 N–H and O–H groups in total. The molecule has 1 amide bonds. The first kappa shape index (κ1) is 18.2. The predicted molar refractivity (Wildman–Crippen MR) is 111 cm³/mol. The lowest BCUT2D eigenvalue weighted by Crippen LogP contribution is -2.49. The number of hydrogen-bond acceptors (Lipinski definition) is 4. The molecule has 4 rings (SSSR count). The van der Waals surface area contributed by atoms with Crippen LogP contribution in [0.25, 0.3) is 10.9 Å². The average Bonchev–Trinajstić information content (AvgIpc) is 2.73. The van der Waals surface area contributed by atoms with Crippen molar-refractivity contribution in [2.45, 2.75) is 19.9 Å². The SMILES string of the molecule is Cc1cccc(N2CCN(C(=O)CCn3ncc(=O)c4ccccc43)CC2)c1. The number of nitrogens with zero attached hydrogens (tertiary/aromatic N) is 4. The molecule has 1 aliphatic heterocycles. The topological polar surface area (TPSA) is 58.4 Å². The molecule has 1 aromatic heterocycles. The van der Waals surface area contributed by atoms with Gasteiger partial charge in [-0.3, -0.25) is 14.3 Å². The van der Waals surface area contributed by atoms with Crippen molar-refractivity contribution in [3.63, 3.8) is 0 Å². The van der Waals surface area contributed by atoms with Gasteiger partial charge >= 0.3 is 0 Å². The first-order chi connectivity index (χ1) is 13.6. The summed E-state index contributed by atoms with van der Waals surface area (Å²) in [5.41, 5.74) is 3.14. The van der Waals surface area contributed by atoms with Gasteiger partial charge in [-0.2, -0.15) is 5.10 Å². The summed E-state index contributed by atoms with van der Waals surface area (Å²) in [6.07, 6.45) is 1.71. The summed E-state index contributed by atoms with van der Waals surface area (Å²) in [7, 11) is 0. The van der Waals surface area contributed by atoms with Gasteiger partial charge in [-0.15, -0.1) is 0 Å². The summed E-state index contributed by atoms with van der Waals surface area (Å²) in [5.74, 6) is 0.133. The third-order valence-corrected chi connectivity index (χ3v) is 5.30. The lowest BCUT2D eigenvalue weighted by Gasteiger charge is -2.36. The number of rotatable bonds is 4. The highest BCUT2D eigenvalue weighted by atomic mass is 16.2. The number of aromatic nitrogens is 2. The van der Waals surface area contributed by atoms with Crippen LogP contribution in [-0.4, -0.2) is 46.8 Å². The molecular weight excluding hydrogens is 352 g/mol. The van der Waals surface area contributed by atoms with Crippen LogP contribution in [0, 0.1) is 6.92 Å². The number of amides is 1. The van der Waals surface area contributed by atoms with Crippen LogP contribution in [0.4, 0.5) is 5.69 Å². The number of aryl methyl sites for hydroxylation is 2. The van der Waals surface area contributed by atoms with Crippen molar-refractivity contribution in [1.82, 2.24) is 14.7 Å². The summed E-state index contributed by atoms with van der Waals surface area (Å²) >= 11 is 0. The van der Waals surface area contributed by atoms with Crippen LogP contribution in [0.15, 0.2) is 59.5 Å². The van der Waals surface area contributed by atoms with E-state index in [9.17, 15) is 9.59 Å². The maximum Gasteiger partial charge on any atom is 0.224 e. The first-order valence-electron chi connectivity index (χ1n) is 9.66. The zero-order chi connectivity index (χ0) is 19.5. The Hall–Kier alpha value is -3.15. The molecule has 0 atom stereocenters. The molecule has 2 aromatic carbocycles. The highest BCUT2D eigenvalue weighted by Gasteiger charge is 2.21. The molecule has 1 saturated heterocycles. The van der Waals surface area contributed by atoms with E-state index in [0.717, 1.165) is 31.7 Å². The second-order valence-corrected chi connectivity index (χ2v) is 7.21. The molecule has 0 saturated carbocycles. The van der Waals surface area contributed by atoms with Crippen molar-refractivity contribution in [3.8, 4) is 0 Å². The van der Waals surface area contributed by atoms with Gasteiger partial charge < -0.3 is 9.80 Å². The number of piperazine rings is 1. The van der Waals surface area contributed by atoms with Crippen molar-refractivity contribution in [3.05, 3.63) is 70.5 Å². The predicted octanol–water partition coefficient (Wildman–Crippen LogP) is 2.44. The largest absolute Gasteiger partial charge is 0.368 e. The Morgan fingerprint density at radius 2 is 1.82 bits per heavy atom. The third kappa shape index (κ3) is 3.76. The molecule has 6 heteroatoms. The molecule has 0 bridgehead atoms. The van der Waals surface area contributed by atoms with Crippen LogP contribution < -0.4 is 10.3 Å². The first-order valence-corrected chi connectivity index (χ1v) is 9.66. The second kappa shape index (κ2) is 7.84. The Labute approximate surface area is 164 Å². The van der Waals surface area contributed by atoms with E-state index in [1.807, 2.05) is 23.1 Å². The fourth-order valence-corrected chi connectivity index (χ4v) is 3.74. The summed E-state index contributed by atoms with van der Waals surface area (Å²) in [5, 5.41) is 4.84. The van der Waals surface area contributed by atoms with Crippen molar-refractivity contribution < 1.29 is 4.79 Å².